The summed E-state index contributed by atoms with van der Waals surface area (Å²) in [5.41, 5.74) is 7.65. The lowest BCUT2D eigenvalue weighted by Gasteiger charge is -2.14. The molecule has 0 aliphatic heterocycles. The van der Waals surface area contributed by atoms with E-state index in [9.17, 15) is 8.78 Å². The minimum atomic E-state index is -0.353. The Morgan fingerprint density at radius 3 is 2.37 bits per heavy atom. The first-order valence-electron chi connectivity index (χ1n) is 5.61. The van der Waals surface area contributed by atoms with E-state index in [1.54, 1.807) is 12.1 Å². The summed E-state index contributed by atoms with van der Waals surface area (Å²) in [5, 5.41) is 0. The van der Waals surface area contributed by atoms with E-state index in [4.69, 9.17) is 5.73 Å². The molecule has 0 aliphatic carbocycles. The average molecular weight is 391 g/mol. The van der Waals surface area contributed by atoms with Crippen LogP contribution in [0, 0.1) is 11.6 Å². The minimum Gasteiger partial charge on any atom is -0.324 e. The van der Waals surface area contributed by atoms with Gasteiger partial charge in [0.15, 0.2) is 0 Å². The smallest absolute Gasteiger partial charge is 0.124 e. The van der Waals surface area contributed by atoms with E-state index in [0.717, 1.165) is 5.56 Å². The van der Waals surface area contributed by atoms with Gasteiger partial charge in [-0.1, -0.05) is 37.9 Å². The third-order valence-electron chi connectivity index (χ3n) is 2.77. The maximum atomic E-state index is 13.3. The molecule has 5 heteroatoms. The first kappa shape index (κ1) is 14.6. The number of hydrogen-bond donors (Lipinski definition) is 1. The molecule has 0 spiro atoms. The molecule has 100 valence electrons. The first-order valence-corrected chi connectivity index (χ1v) is 7.20. The Labute approximate surface area is 127 Å². The zero-order valence-corrected chi connectivity index (χ0v) is 13.0. The molecular weight excluding hydrogens is 380 g/mol. The molecule has 2 aromatic rings. The molecule has 0 aliphatic rings. The Morgan fingerprint density at radius 1 is 1.00 bits per heavy atom. The van der Waals surface area contributed by atoms with Crippen molar-refractivity contribution >= 4 is 31.9 Å². The second-order valence-corrected chi connectivity index (χ2v) is 6.02. The van der Waals surface area contributed by atoms with E-state index in [2.05, 4.69) is 31.9 Å². The molecule has 0 aromatic heterocycles. The van der Waals surface area contributed by atoms with Crippen LogP contribution in [0.4, 0.5) is 8.78 Å². The van der Waals surface area contributed by atoms with Crippen LogP contribution in [0.1, 0.15) is 17.2 Å². The van der Waals surface area contributed by atoms with Crippen LogP contribution in [-0.2, 0) is 6.42 Å². The normalized spacial score (nSPS) is 12.5. The number of nitrogens with two attached hydrogens (primary N) is 1. The van der Waals surface area contributed by atoms with E-state index >= 15 is 0 Å². The van der Waals surface area contributed by atoms with Crippen molar-refractivity contribution < 1.29 is 8.78 Å². The molecular formula is C14H11Br2F2N. The molecule has 0 heterocycles. The van der Waals surface area contributed by atoms with Crippen LogP contribution in [0.15, 0.2) is 45.3 Å². The van der Waals surface area contributed by atoms with E-state index in [-0.39, 0.29) is 17.7 Å². The quantitative estimate of drug-likeness (QED) is 0.805. The van der Waals surface area contributed by atoms with Gasteiger partial charge < -0.3 is 5.73 Å². The molecule has 2 rings (SSSR count). The van der Waals surface area contributed by atoms with Crippen molar-refractivity contribution in [2.75, 3.05) is 0 Å². The highest BCUT2D eigenvalue weighted by molar-refractivity contribution is 9.10. The van der Waals surface area contributed by atoms with Crippen LogP contribution in [0.2, 0.25) is 0 Å². The molecule has 2 aromatic carbocycles. The first-order chi connectivity index (χ1) is 8.95. The lowest BCUT2D eigenvalue weighted by molar-refractivity contribution is 0.616. The Kier molecular flexibility index (Phi) is 4.71. The summed E-state index contributed by atoms with van der Waals surface area (Å²) in [7, 11) is 0. The van der Waals surface area contributed by atoms with E-state index in [1.807, 2.05) is 0 Å². The van der Waals surface area contributed by atoms with Gasteiger partial charge in [0, 0.05) is 15.0 Å². The molecule has 0 radical (unpaired) electrons. The number of hydrogen-bond acceptors (Lipinski definition) is 1. The maximum Gasteiger partial charge on any atom is 0.124 e. The molecule has 1 atom stereocenters. The summed E-state index contributed by atoms with van der Waals surface area (Å²) in [6, 6.07) is 8.67. The highest BCUT2D eigenvalue weighted by atomic mass is 79.9. The Morgan fingerprint density at radius 2 is 1.74 bits per heavy atom. The topological polar surface area (TPSA) is 26.0 Å². The molecule has 0 bridgehead atoms. The average Bonchev–Trinajstić information content (AvgIpc) is 2.31. The summed E-state index contributed by atoms with van der Waals surface area (Å²) in [6.45, 7) is 0. The van der Waals surface area contributed by atoms with Crippen molar-refractivity contribution in [3.05, 3.63) is 68.1 Å². The van der Waals surface area contributed by atoms with Gasteiger partial charge in [-0.2, -0.15) is 0 Å². The number of halogens is 4. The summed E-state index contributed by atoms with van der Waals surface area (Å²) < 4.78 is 27.6. The highest BCUT2D eigenvalue weighted by Gasteiger charge is 2.11. The van der Waals surface area contributed by atoms with Gasteiger partial charge >= 0.3 is 0 Å². The van der Waals surface area contributed by atoms with Gasteiger partial charge in [-0.15, -0.1) is 0 Å². The Balaban J connectivity index is 2.22. The van der Waals surface area contributed by atoms with Crippen molar-refractivity contribution in [3.63, 3.8) is 0 Å². The van der Waals surface area contributed by atoms with E-state index < -0.39 is 0 Å². The molecule has 0 amide bonds. The van der Waals surface area contributed by atoms with Crippen LogP contribution in [-0.4, -0.2) is 0 Å². The summed E-state index contributed by atoms with van der Waals surface area (Å²) in [6.07, 6.45) is 0.497. The summed E-state index contributed by atoms with van der Waals surface area (Å²) in [4.78, 5) is 0. The van der Waals surface area contributed by atoms with Crippen molar-refractivity contribution in [2.24, 2.45) is 5.73 Å². The summed E-state index contributed by atoms with van der Waals surface area (Å²) >= 11 is 6.53. The zero-order valence-electron chi connectivity index (χ0n) is 9.84. The van der Waals surface area contributed by atoms with Crippen molar-refractivity contribution in [3.8, 4) is 0 Å². The van der Waals surface area contributed by atoms with Gasteiger partial charge in [-0.05, 0) is 47.9 Å². The lowest BCUT2D eigenvalue weighted by Crippen LogP contribution is -2.14. The largest absolute Gasteiger partial charge is 0.324 e. The fraction of sp³-hybridized carbons (Fsp3) is 0.143. The summed E-state index contributed by atoms with van der Waals surface area (Å²) in [5.74, 6) is -0.643. The highest BCUT2D eigenvalue weighted by Crippen LogP contribution is 2.25. The molecule has 19 heavy (non-hydrogen) atoms. The van der Waals surface area contributed by atoms with E-state index in [1.165, 1.54) is 24.3 Å². The predicted molar refractivity (Wildman–Crippen MR) is 78.8 cm³/mol. The van der Waals surface area contributed by atoms with Crippen LogP contribution < -0.4 is 5.73 Å². The maximum absolute atomic E-state index is 13.3. The molecule has 1 nitrogen and oxygen atoms in total. The van der Waals surface area contributed by atoms with Crippen LogP contribution >= 0.6 is 31.9 Å². The van der Waals surface area contributed by atoms with Gasteiger partial charge in [0.25, 0.3) is 0 Å². The third kappa shape index (κ3) is 3.84. The van der Waals surface area contributed by atoms with Gasteiger partial charge in [0.1, 0.15) is 11.6 Å². The molecule has 1 unspecified atom stereocenters. The molecule has 0 fully saturated rings. The monoisotopic (exact) mass is 389 g/mol. The molecule has 0 saturated carbocycles. The molecule has 0 saturated heterocycles. The second kappa shape index (κ2) is 6.11. The van der Waals surface area contributed by atoms with Gasteiger partial charge in [0.2, 0.25) is 0 Å². The standard InChI is InChI=1S/C14H11Br2F2N/c15-10-3-9(4-12(18)6-10)14(19)5-8-1-2-11(17)7-13(8)16/h1-4,6-7,14H,5,19H2. The van der Waals surface area contributed by atoms with Crippen LogP contribution in [0.3, 0.4) is 0 Å². The van der Waals surface area contributed by atoms with Gasteiger partial charge in [-0.3, -0.25) is 0 Å². The van der Waals surface area contributed by atoms with Gasteiger partial charge in [-0.25, -0.2) is 8.78 Å². The number of benzene rings is 2. The van der Waals surface area contributed by atoms with Gasteiger partial charge in [0.05, 0.1) is 0 Å². The molecule has 2 N–H and O–H groups in total. The lowest BCUT2D eigenvalue weighted by atomic mass is 9.99. The zero-order chi connectivity index (χ0) is 14.0. The van der Waals surface area contributed by atoms with Crippen LogP contribution in [0.5, 0.6) is 0 Å². The number of rotatable bonds is 3. The van der Waals surface area contributed by atoms with Crippen LogP contribution in [0.25, 0.3) is 0 Å². The Hall–Kier alpha value is -0.780. The SMILES string of the molecule is NC(Cc1ccc(F)cc1Br)c1cc(F)cc(Br)c1. The fourth-order valence-corrected chi connectivity index (χ4v) is 2.83. The third-order valence-corrected chi connectivity index (χ3v) is 3.96. The predicted octanol–water partition coefficient (Wildman–Crippen LogP) is 4.73. The van der Waals surface area contributed by atoms with Crippen molar-refractivity contribution in [1.82, 2.24) is 0 Å². The Bertz CT molecular complexity index is 582. The fourth-order valence-electron chi connectivity index (χ4n) is 1.83. The van der Waals surface area contributed by atoms with Crippen molar-refractivity contribution in [2.45, 2.75) is 12.5 Å². The minimum absolute atomic E-state index is 0.308. The van der Waals surface area contributed by atoms with Crippen molar-refractivity contribution in [1.29, 1.82) is 0 Å². The second-order valence-electron chi connectivity index (χ2n) is 4.25. The van der Waals surface area contributed by atoms with E-state index in [0.29, 0.717) is 20.9 Å².